The fraction of sp³-hybridized carbons (Fsp3) is 0.235. The van der Waals surface area contributed by atoms with Crippen LogP contribution in [0.5, 0.6) is 0 Å². The van der Waals surface area contributed by atoms with E-state index in [-0.39, 0.29) is 11.6 Å². The van der Waals surface area contributed by atoms with E-state index in [4.69, 9.17) is 0 Å². The summed E-state index contributed by atoms with van der Waals surface area (Å²) in [6.45, 7) is 0. The van der Waals surface area contributed by atoms with E-state index in [1.54, 1.807) is 0 Å². The van der Waals surface area contributed by atoms with Crippen molar-refractivity contribution in [2.75, 3.05) is 0 Å². The Kier molecular flexibility index (Phi) is 3.69. The highest BCUT2D eigenvalue weighted by molar-refractivity contribution is 5.94. The highest BCUT2D eigenvalue weighted by Gasteiger charge is 2.22. The van der Waals surface area contributed by atoms with Crippen LogP contribution in [-0.2, 0) is 6.42 Å². The number of aryl methyl sites for hydroxylation is 1. The summed E-state index contributed by atoms with van der Waals surface area (Å²) in [7, 11) is 0. The molecule has 3 rings (SSSR count). The van der Waals surface area contributed by atoms with Crippen LogP contribution < -0.4 is 5.32 Å². The van der Waals surface area contributed by atoms with Gasteiger partial charge in [0.2, 0.25) is 0 Å². The molecule has 21 heavy (non-hydrogen) atoms. The summed E-state index contributed by atoms with van der Waals surface area (Å²) in [5.74, 6) is -1.94. The highest BCUT2D eigenvalue weighted by atomic mass is 19.1. The molecule has 0 saturated carbocycles. The second-order valence-corrected chi connectivity index (χ2v) is 5.28. The zero-order valence-electron chi connectivity index (χ0n) is 11.4. The quantitative estimate of drug-likeness (QED) is 0.895. The van der Waals surface area contributed by atoms with Gasteiger partial charge in [-0.2, -0.15) is 0 Å². The molecule has 2 nitrogen and oxygen atoms in total. The molecule has 1 N–H and O–H groups in total. The molecular weight excluding hydrogens is 272 g/mol. The number of fused-ring (bicyclic) bond motifs is 1. The van der Waals surface area contributed by atoms with Crippen molar-refractivity contribution in [3.8, 4) is 0 Å². The molecule has 2 aromatic rings. The van der Waals surface area contributed by atoms with Gasteiger partial charge in [-0.25, -0.2) is 8.78 Å². The van der Waals surface area contributed by atoms with E-state index in [1.807, 2.05) is 18.2 Å². The number of halogens is 2. The van der Waals surface area contributed by atoms with E-state index in [2.05, 4.69) is 11.4 Å². The lowest BCUT2D eigenvalue weighted by Crippen LogP contribution is -2.31. The number of hydrogen-bond acceptors (Lipinski definition) is 1. The molecule has 0 aromatic heterocycles. The first-order valence-electron chi connectivity index (χ1n) is 6.98. The van der Waals surface area contributed by atoms with Crippen molar-refractivity contribution in [2.24, 2.45) is 0 Å². The third kappa shape index (κ3) is 2.94. The zero-order valence-corrected chi connectivity index (χ0v) is 11.4. The number of carbonyl (C=O) groups excluding carboxylic acids is 1. The number of hydrogen-bond donors (Lipinski definition) is 1. The molecule has 1 atom stereocenters. The second kappa shape index (κ2) is 5.64. The number of amides is 1. The SMILES string of the molecule is O=C(N[C@H]1CCCc2ccccc21)c1cc(F)cc(F)c1. The van der Waals surface area contributed by atoms with Gasteiger partial charge in [-0.1, -0.05) is 24.3 Å². The molecule has 0 aliphatic heterocycles. The Morgan fingerprint density at radius 1 is 1.10 bits per heavy atom. The Morgan fingerprint density at radius 3 is 2.57 bits per heavy atom. The molecule has 108 valence electrons. The molecule has 1 aliphatic rings. The Balaban J connectivity index is 1.82. The Morgan fingerprint density at radius 2 is 1.81 bits per heavy atom. The maximum Gasteiger partial charge on any atom is 0.251 e. The second-order valence-electron chi connectivity index (χ2n) is 5.28. The van der Waals surface area contributed by atoms with Crippen molar-refractivity contribution >= 4 is 5.91 Å². The van der Waals surface area contributed by atoms with Gasteiger partial charge in [-0.15, -0.1) is 0 Å². The summed E-state index contributed by atoms with van der Waals surface area (Å²) in [4.78, 5) is 12.2. The molecule has 0 bridgehead atoms. The lowest BCUT2D eigenvalue weighted by Gasteiger charge is -2.26. The Hall–Kier alpha value is -2.23. The number of rotatable bonds is 2. The van der Waals surface area contributed by atoms with Crippen LogP contribution in [0.3, 0.4) is 0 Å². The van der Waals surface area contributed by atoms with Gasteiger partial charge < -0.3 is 5.32 Å². The van der Waals surface area contributed by atoms with Crippen molar-refractivity contribution in [1.82, 2.24) is 5.32 Å². The minimum atomic E-state index is -0.746. The minimum absolute atomic E-state index is 0.00977. The van der Waals surface area contributed by atoms with E-state index < -0.39 is 17.5 Å². The van der Waals surface area contributed by atoms with Crippen molar-refractivity contribution in [1.29, 1.82) is 0 Å². The summed E-state index contributed by atoms with van der Waals surface area (Å²) < 4.78 is 26.4. The third-order valence-electron chi connectivity index (χ3n) is 3.80. The van der Waals surface area contributed by atoms with Gasteiger partial charge in [0.1, 0.15) is 11.6 Å². The first-order valence-corrected chi connectivity index (χ1v) is 6.98. The monoisotopic (exact) mass is 287 g/mol. The van der Waals surface area contributed by atoms with Crippen molar-refractivity contribution in [3.05, 3.63) is 70.8 Å². The van der Waals surface area contributed by atoms with Gasteiger partial charge in [-0.05, 0) is 42.5 Å². The molecule has 2 aromatic carbocycles. The maximum absolute atomic E-state index is 13.2. The molecule has 1 aliphatic carbocycles. The lowest BCUT2D eigenvalue weighted by molar-refractivity contribution is 0.0932. The largest absolute Gasteiger partial charge is 0.345 e. The molecule has 0 fully saturated rings. The summed E-state index contributed by atoms with van der Waals surface area (Å²) in [5, 5.41) is 2.87. The average molecular weight is 287 g/mol. The van der Waals surface area contributed by atoms with Crippen LogP contribution in [0, 0.1) is 11.6 Å². The summed E-state index contributed by atoms with van der Waals surface area (Å²) in [5.41, 5.74) is 2.32. The summed E-state index contributed by atoms with van der Waals surface area (Å²) >= 11 is 0. The average Bonchev–Trinajstić information content (AvgIpc) is 2.46. The molecule has 0 unspecified atom stereocenters. The number of nitrogens with one attached hydrogen (secondary N) is 1. The predicted octanol–water partition coefficient (Wildman–Crippen LogP) is 3.77. The van der Waals surface area contributed by atoms with Gasteiger partial charge >= 0.3 is 0 Å². The molecule has 0 spiro atoms. The highest BCUT2D eigenvalue weighted by Crippen LogP contribution is 2.29. The first kappa shape index (κ1) is 13.7. The lowest BCUT2D eigenvalue weighted by atomic mass is 9.87. The standard InChI is InChI=1S/C17H15F2NO/c18-13-8-12(9-14(19)10-13)17(21)20-16-7-3-5-11-4-1-2-6-15(11)16/h1-2,4,6,8-10,16H,3,5,7H2,(H,20,21)/t16-/m0/s1. The normalized spacial score (nSPS) is 17.1. The van der Waals surface area contributed by atoms with Gasteiger partial charge in [0, 0.05) is 11.6 Å². The van der Waals surface area contributed by atoms with Crippen LogP contribution in [0.15, 0.2) is 42.5 Å². The number of carbonyl (C=O) groups is 1. The fourth-order valence-electron chi connectivity index (χ4n) is 2.83. The molecule has 0 saturated heterocycles. The molecule has 1 amide bonds. The van der Waals surface area contributed by atoms with Crippen LogP contribution in [0.4, 0.5) is 8.78 Å². The zero-order chi connectivity index (χ0) is 14.8. The summed E-state index contributed by atoms with van der Waals surface area (Å²) in [6, 6.07) is 10.7. The van der Waals surface area contributed by atoms with Crippen LogP contribution in [0.2, 0.25) is 0 Å². The topological polar surface area (TPSA) is 29.1 Å². The van der Waals surface area contributed by atoms with Crippen LogP contribution in [-0.4, -0.2) is 5.91 Å². The van der Waals surface area contributed by atoms with Gasteiger partial charge in [0.15, 0.2) is 0 Å². The van der Waals surface area contributed by atoms with Crippen molar-refractivity contribution in [3.63, 3.8) is 0 Å². The Labute approximate surface area is 121 Å². The van der Waals surface area contributed by atoms with E-state index in [9.17, 15) is 13.6 Å². The predicted molar refractivity (Wildman–Crippen MR) is 75.9 cm³/mol. The summed E-state index contributed by atoms with van der Waals surface area (Å²) in [6.07, 6.45) is 2.82. The van der Waals surface area contributed by atoms with Crippen LogP contribution >= 0.6 is 0 Å². The van der Waals surface area contributed by atoms with Gasteiger partial charge in [0.05, 0.1) is 6.04 Å². The van der Waals surface area contributed by atoms with Crippen LogP contribution in [0.1, 0.15) is 40.4 Å². The Bertz CT molecular complexity index is 664. The molecule has 4 heteroatoms. The molecule has 0 heterocycles. The maximum atomic E-state index is 13.2. The minimum Gasteiger partial charge on any atom is -0.345 e. The van der Waals surface area contributed by atoms with E-state index in [1.165, 1.54) is 5.56 Å². The van der Waals surface area contributed by atoms with Gasteiger partial charge in [-0.3, -0.25) is 4.79 Å². The van der Waals surface area contributed by atoms with Crippen molar-refractivity contribution in [2.45, 2.75) is 25.3 Å². The van der Waals surface area contributed by atoms with E-state index >= 15 is 0 Å². The van der Waals surface area contributed by atoms with Crippen LogP contribution in [0.25, 0.3) is 0 Å². The first-order chi connectivity index (χ1) is 10.1. The van der Waals surface area contributed by atoms with Crippen molar-refractivity contribution < 1.29 is 13.6 Å². The molecule has 0 radical (unpaired) electrons. The molecular formula is C17H15F2NO. The smallest absolute Gasteiger partial charge is 0.251 e. The van der Waals surface area contributed by atoms with E-state index in [0.717, 1.165) is 43.0 Å². The number of benzene rings is 2. The van der Waals surface area contributed by atoms with Gasteiger partial charge in [0.25, 0.3) is 5.91 Å². The van der Waals surface area contributed by atoms with E-state index in [0.29, 0.717) is 0 Å². The fourth-order valence-corrected chi connectivity index (χ4v) is 2.83. The third-order valence-corrected chi connectivity index (χ3v) is 3.80.